The minimum atomic E-state index is -3.84. The van der Waals surface area contributed by atoms with Crippen molar-refractivity contribution in [3.63, 3.8) is 0 Å². The van der Waals surface area contributed by atoms with Crippen molar-refractivity contribution in [3.05, 3.63) is 41.2 Å². The summed E-state index contributed by atoms with van der Waals surface area (Å²) in [6, 6.07) is 4.84. The van der Waals surface area contributed by atoms with Crippen LogP contribution in [-0.2, 0) is 14.8 Å². The third kappa shape index (κ3) is 4.31. The first-order valence-corrected chi connectivity index (χ1v) is 9.90. The van der Waals surface area contributed by atoms with Gasteiger partial charge in [-0.3, -0.25) is 4.79 Å². The first-order chi connectivity index (χ1) is 12.2. The maximum absolute atomic E-state index is 13.3. The average Bonchev–Trinajstić information content (AvgIpc) is 3.03. The Balaban J connectivity index is 2.38. The molecule has 26 heavy (non-hydrogen) atoms. The fourth-order valence-corrected chi connectivity index (χ4v) is 5.05. The van der Waals surface area contributed by atoms with E-state index in [2.05, 4.69) is 15.0 Å². The molecule has 142 valence electrons. The van der Waals surface area contributed by atoms with Crippen LogP contribution in [0, 0.1) is 20.8 Å². The van der Waals surface area contributed by atoms with Crippen LogP contribution in [0.4, 0.5) is 5.82 Å². The highest BCUT2D eigenvalue weighted by Crippen LogP contribution is 2.27. The topological polar surface area (TPSA) is 92.5 Å². The van der Waals surface area contributed by atoms with E-state index in [9.17, 15) is 13.2 Å². The van der Waals surface area contributed by atoms with Crippen LogP contribution in [0.3, 0.4) is 0 Å². The number of carbonyl (C=O) groups is 1. The lowest BCUT2D eigenvalue weighted by Gasteiger charge is -2.28. The molecule has 0 spiro atoms. The second kappa shape index (κ2) is 8.01. The Morgan fingerprint density at radius 3 is 2.38 bits per heavy atom. The highest BCUT2D eigenvalue weighted by Gasteiger charge is 2.32. The second-order valence-electron chi connectivity index (χ2n) is 6.47. The van der Waals surface area contributed by atoms with E-state index in [0.29, 0.717) is 17.5 Å². The Morgan fingerprint density at radius 1 is 1.27 bits per heavy atom. The monoisotopic (exact) mass is 379 g/mol. The minimum absolute atomic E-state index is 0.249. The molecule has 0 radical (unpaired) electrons. The van der Waals surface area contributed by atoms with E-state index in [-0.39, 0.29) is 23.3 Å². The number of hydrogen-bond donors (Lipinski definition) is 1. The highest BCUT2D eigenvalue weighted by molar-refractivity contribution is 7.89. The molecule has 1 aromatic heterocycles. The molecular weight excluding hydrogens is 354 g/mol. The second-order valence-corrected chi connectivity index (χ2v) is 8.30. The molecule has 1 atom stereocenters. The zero-order chi connectivity index (χ0) is 19.5. The number of hydrogen-bond acceptors (Lipinski definition) is 5. The summed E-state index contributed by atoms with van der Waals surface area (Å²) in [7, 11) is -3.84. The van der Waals surface area contributed by atoms with Gasteiger partial charge in [-0.25, -0.2) is 8.42 Å². The number of anilines is 1. The van der Waals surface area contributed by atoms with Gasteiger partial charge in [-0.1, -0.05) is 29.8 Å². The van der Waals surface area contributed by atoms with Gasteiger partial charge in [0.1, 0.15) is 6.26 Å². The summed E-state index contributed by atoms with van der Waals surface area (Å²) in [5.74, 6) is -0.218. The molecule has 1 unspecified atom stereocenters. The molecule has 0 saturated heterocycles. The van der Waals surface area contributed by atoms with Gasteiger partial charge < -0.3 is 9.84 Å². The van der Waals surface area contributed by atoms with Crippen molar-refractivity contribution in [3.8, 4) is 0 Å². The summed E-state index contributed by atoms with van der Waals surface area (Å²) in [6.07, 6.45) is 1.91. The van der Waals surface area contributed by atoms with Crippen molar-refractivity contribution in [2.45, 2.75) is 52.0 Å². The third-order valence-corrected chi connectivity index (χ3v) is 6.52. The Morgan fingerprint density at radius 2 is 1.88 bits per heavy atom. The maximum Gasteiger partial charge on any atom is 0.244 e. The Bertz CT molecular complexity index is 853. The molecule has 8 heteroatoms. The number of sulfonamides is 1. The molecule has 0 bridgehead atoms. The molecular formula is C18H25N3O4S. The van der Waals surface area contributed by atoms with Crippen molar-refractivity contribution in [2.24, 2.45) is 0 Å². The lowest BCUT2D eigenvalue weighted by atomic mass is 10.1. The number of aromatic nitrogens is 1. The maximum atomic E-state index is 13.3. The van der Waals surface area contributed by atoms with E-state index in [0.717, 1.165) is 5.56 Å². The fourth-order valence-electron chi connectivity index (χ4n) is 2.97. The molecule has 1 N–H and O–H groups in total. The molecule has 0 aliphatic carbocycles. The first-order valence-electron chi connectivity index (χ1n) is 8.46. The van der Waals surface area contributed by atoms with Crippen molar-refractivity contribution >= 4 is 21.7 Å². The molecule has 0 aliphatic rings. The Kier molecular flexibility index (Phi) is 6.20. The SMILES string of the molecule is CCC(C)N(CC(=O)Nc1ccon1)S(=O)(=O)c1c(C)cc(C)cc1C. The van der Waals surface area contributed by atoms with Gasteiger partial charge in [-0.15, -0.1) is 0 Å². The Hall–Kier alpha value is -2.19. The van der Waals surface area contributed by atoms with Crippen LogP contribution in [-0.4, -0.2) is 36.4 Å². The van der Waals surface area contributed by atoms with Gasteiger partial charge in [-0.2, -0.15) is 4.31 Å². The van der Waals surface area contributed by atoms with Crippen LogP contribution in [0.25, 0.3) is 0 Å². The number of carbonyl (C=O) groups excluding carboxylic acids is 1. The van der Waals surface area contributed by atoms with E-state index in [1.807, 2.05) is 26.0 Å². The van der Waals surface area contributed by atoms with E-state index < -0.39 is 15.9 Å². The van der Waals surface area contributed by atoms with Crippen molar-refractivity contribution in [1.82, 2.24) is 9.46 Å². The van der Waals surface area contributed by atoms with Crippen LogP contribution in [0.2, 0.25) is 0 Å². The lowest BCUT2D eigenvalue weighted by Crippen LogP contribution is -2.43. The fraction of sp³-hybridized carbons (Fsp3) is 0.444. The number of rotatable bonds is 7. The summed E-state index contributed by atoms with van der Waals surface area (Å²) in [5.41, 5.74) is 2.35. The molecule has 1 amide bonds. The highest BCUT2D eigenvalue weighted by atomic mass is 32.2. The average molecular weight is 379 g/mol. The van der Waals surface area contributed by atoms with Gasteiger partial charge in [0, 0.05) is 12.1 Å². The summed E-state index contributed by atoms with van der Waals surface area (Å²) in [4.78, 5) is 12.6. The van der Waals surface area contributed by atoms with Crippen molar-refractivity contribution in [2.75, 3.05) is 11.9 Å². The van der Waals surface area contributed by atoms with Crippen molar-refractivity contribution in [1.29, 1.82) is 0 Å². The third-order valence-electron chi connectivity index (χ3n) is 4.26. The molecule has 2 rings (SSSR count). The number of benzene rings is 1. The zero-order valence-electron chi connectivity index (χ0n) is 15.7. The van der Waals surface area contributed by atoms with E-state index in [4.69, 9.17) is 0 Å². The van der Waals surface area contributed by atoms with Gasteiger partial charge in [0.05, 0.1) is 11.4 Å². The predicted molar refractivity (Wildman–Crippen MR) is 99.4 cm³/mol. The number of amides is 1. The number of nitrogens with one attached hydrogen (secondary N) is 1. The van der Waals surface area contributed by atoms with Gasteiger partial charge in [0.25, 0.3) is 0 Å². The summed E-state index contributed by atoms with van der Waals surface area (Å²) in [6.45, 7) is 8.86. The smallest absolute Gasteiger partial charge is 0.244 e. The van der Waals surface area contributed by atoms with Crippen LogP contribution in [0.15, 0.2) is 33.9 Å². The number of nitrogens with zero attached hydrogens (tertiary/aromatic N) is 2. The largest absolute Gasteiger partial charge is 0.363 e. The standard InChI is InChI=1S/C18H25N3O4S/c1-6-15(5)21(11-17(22)19-16-7-8-25-20-16)26(23,24)18-13(3)9-12(2)10-14(18)4/h7-10,15H,6,11H2,1-5H3,(H,19,20,22). The zero-order valence-corrected chi connectivity index (χ0v) is 16.6. The molecule has 0 saturated carbocycles. The first kappa shape index (κ1) is 20.1. The van der Waals surface area contributed by atoms with Gasteiger partial charge >= 0.3 is 0 Å². The molecule has 7 nitrogen and oxygen atoms in total. The van der Waals surface area contributed by atoms with Gasteiger partial charge in [-0.05, 0) is 45.2 Å². The van der Waals surface area contributed by atoms with Crippen LogP contribution < -0.4 is 5.32 Å². The van der Waals surface area contributed by atoms with Gasteiger partial charge in [0.15, 0.2) is 5.82 Å². The van der Waals surface area contributed by atoms with Crippen molar-refractivity contribution < 1.29 is 17.7 Å². The normalized spacial score (nSPS) is 13.0. The van der Waals surface area contributed by atoms with Crippen LogP contribution >= 0.6 is 0 Å². The minimum Gasteiger partial charge on any atom is -0.363 e. The quantitative estimate of drug-likeness (QED) is 0.798. The molecule has 0 aliphatic heterocycles. The van der Waals surface area contributed by atoms with E-state index in [1.54, 1.807) is 20.8 Å². The summed E-state index contributed by atoms with van der Waals surface area (Å²) < 4.78 is 32.6. The lowest BCUT2D eigenvalue weighted by molar-refractivity contribution is -0.116. The van der Waals surface area contributed by atoms with Crippen LogP contribution in [0.1, 0.15) is 37.0 Å². The van der Waals surface area contributed by atoms with Gasteiger partial charge in [0.2, 0.25) is 15.9 Å². The molecule has 1 aromatic carbocycles. The molecule has 2 aromatic rings. The van der Waals surface area contributed by atoms with E-state index in [1.165, 1.54) is 16.6 Å². The Labute approximate surface area is 154 Å². The molecule has 0 fully saturated rings. The summed E-state index contributed by atoms with van der Waals surface area (Å²) in [5, 5.41) is 6.16. The number of aryl methyl sites for hydroxylation is 3. The van der Waals surface area contributed by atoms with Crippen LogP contribution in [0.5, 0.6) is 0 Å². The predicted octanol–water partition coefficient (Wildman–Crippen LogP) is 3.03. The van der Waals surface area contributed by atoms with E-state index >= 15 is 0 Å². The summed E-state index contributed by atoms with van der Waals surface area (Å²) >= 11 is 0. The molecule has 1 heterocycles.